The molecule has 1 aliphatic rings. The van der Waals surface area contributed by atoms with Gasteiger partial charge in [-0.2, -0.15) is 0 Å². The van der Waals surface area contributed by atoms with Gasteiger partial charge >= 0.3 is 6.03 Å². The highest BCUT2D eigenvalue weighted by Crippen LogP contribution is 2.19. The Morgan fingerprint density at radius 3 is 2.95 bits per heavy atom. The zero-order valence-corrected chi connectivity index (χ0v) is 11.9. The molecule has 6 heteroatoms. The number of hydrogen-bond acceptors (Lipinski definition) is 3. The quantitative estimate of drug-likeness (QED) is 0.844. The largest absolute Gasteiger partial charge is 0.341 e. The number of nitrogens with one attached hydrogen (secondary N) is 2. The van der Waals surface area contributed by atoms with Crippen molar-refractivity contribution in [3.63, 3.8) is 0 Å². The van der Waals surface area contributed by atoms with E-state index in [0.717, 1.165) is 26.2 Å². The van der Waals surface area contributed by atoms with Gasteiger partial charge in [0, 0.05) is 51.9 Å². The fraction of sp³-hybridized carbons (Fsp3) is 0.692. The van der Waals surface area contributed by atoms with Gasteiger partial charge in [-0.1, -0.05) is 13.8 Å². The highest BCUT2D eigenvalue weighted by Gasteiger charge is 2.20. The summed E-state index contributed by atoms with van der Waals surface area (Å²) in [5.41, 5.74) is 1.27. The molecule has 1 aromatic rings. The van der Waals surface area contributed by atoms with Crippen LogP contribution >= 0.6 is 0 Å². The van der Waals surface area contributed by atoms with Gasteiger partial charge in [0.2, 0.25) is 0 Å². The Balaban J connectivity index is 1.87. The van der Waals surface area contributed by atoms with Gasteiger partial charge in [0.1, 0.15) is 5.82 Å². The van der Waals surface area contributed by atoms with Gasteiger partial charge in [0.15, 0.2) is 0 Å². The molecule has 19 heavy (non-hydrogen) atoms. The zero-order valence-electron chi connectivity index (χ0n) is 11.9. The Morgan fingerprint density at radius 1 is 1.47 bits per heavy atom. The van der Waals surface area contributed by atoms with Crippen LogP contribution < -0.4 is 10.6 Å². The summed E-state index contributed by atoms with van der Waals surface area (Å²) in [6, 6.07) is -0.121. The third-order valence-corrected chi connectivity index (χ3v) is 3.45. The number of aromatic nitrogens is 2. The maximum atomic E-state index is 11.1. The Labute approximate surface area is 114 Å². The van der Waals surface area contributed by atoms with Crippen LogP contribution in [0.1, 0.15) is 31.3 Å². The Morgan fingerprint density at radius 2 is 2.26 bits per heavy atom. The normalized spacial score (nSPS) is 15.4. The van der Waals surface area contributed by atoms with Crippen molar-refractivity contribution in [3.8, 4) is 0 Å². The second-order valence-electron chi connectivity index (χ2n) is 5.20. The molecular weight excluding hydrogens is 242 g/mol. The molecule has 2 N–H and O–H groups in total. The Hall–Kier alpha value is -1.56. The number of rotatable bonds is 4. The minimum atomic E-state index is -0.121. The number of carbonyl (C=O) groups excluding carboxylic acids is 1. The van der Waals surface area contributed by atoms with Crippen molar-refractivity contribution >= 4 is 6.03 Å². The Kier molecular flexibility index (Phi) is 4.42. The molecule has 2 rings (SSSR count). The molecule has 0 saturated carbocycles. The van der Waals surface area contributed by atoms with Crippen molar-refractivity contribution in [2.24, 2.45) is 0 Å². The fourth-order valence-electron chi connectivity index (χ4n) is 2.43. The average molecular weight is 265 g/mol. The smallest absolute Gasteiger partial charge is 0.314 e. The van der Waals surface area contributed by atoms with Crippen LogP contribution in [0.25, 0.3) is 0 Å². The van der Waals surface area contributed by atoms with Crippen molar-refractivity contribution in [3.05, 3.63) is 17.7 Å². The maximum Gasteiger partial charge on any atom is 0.314 e. The van der Waals surface area contributed by atoms with E-state index in [2.05, 4.69) is 38.9 Å². The molecule has 1 aliphatic heterocycles. The number of hydrogen-bond donors (Lipinski definition) is 2. The van der Waals surface area contributed by atoms with Gasteiger partial charge in [0.25, 0.3) is 0 Å². The molecule has 6 nitrogen and oxygen atoms in total. The molecule has 1 aromatic heterocycles. The van der Waals surface area contributed by atoms with E-state index in [0.29, 0.717) is 12.5 Å². The molecule has 0 atom stereocenters. The molecule has 0 fully saturated rings. The van der Waals surface area contributed by atoms with Gasteiger partial charge in [-0.3, -0.25) is 4.90 Å². The summed E-state index contributed by atoms with van der Waals surface area (Å²) in [5, 5.41) is 5.36. The number of fused-ring (bicyclic) bond motifs is 1. The van der Waals surface area contributed by atoms with Gasteiger partial charge in [0.05, 0.1) is 5.69 Å². The van der Waals surface area contributed by atoms with Crippen LogP contribution in [0.2, 0.25) is 0 Å². The molecule has 0 spiro atoms. The van der Waals surface area contributed by atoms with Gasteiger partial charge in [-0.25, -0.2) is 9.78 Å². The number of carbonyl (C=O) groups is 1. The second kappa shape index (κ2) is 6.06. The molecule has 0 aliphatic carbocycles. The van der Waals surface area contributed by atoms with Crippen LogP contribution in [0.15, 0.2) is 6.20 Å². The third kappa shape index (κ3) is 3.26. The van der Waals surface area contributed by atoms with Crippen molar-refractivity contribution in [2.45, 2.75) is 32.9 Å². The molecule has 2 amide bonds. The molecule has 0 bridgehead atoms. The lowest BCUT2D eigenvalue weighted by atomic mass is 10.2. The molecule has 0 saturated heterocycles. The van der Waals surface area contributed by atoms with E-state index in [-0.39, 0.29) is 6.03 Å². The van der Waals surface area contributed by atoms with E-state index in [1.54, 1.807) is 7.05 Å². The number of imidazole rings is 1. The van der Waals surface area contributed by atoms with E-state index < -0.39 is 0 Å². The van der Waals surface area contributed by atoms with Crippen molar-refractivity contribution in [2.75, 3.05) is 26.7 Å². The molecule has 0 aromatic carbocycles. The van der Waals surface area contributed by atoms with Crippen LogP contribution in [0, 0.1) is 0 Å². The first-order valence-corrected chi connectivity index (χ1v) is 6.84. The monoisotopic (exact) mass is 265 g/mol. The minimum Gasteiger partial charge on any atom is -0.341 e. The number of urea groups is 1. The first-order chi connectivity index (χ1) is 9.11. The first kappa shape index (κ1) is 13.9. The van der Waals surface area contributed by atoms with E-state index in [4.69, 9.17) is 0 Å². The van der Waals surface area contributed by atoms with E-state index in [1.807, 2.05) is 6.20 Å². The van der Waals surface area contributed by atoms with Crippen LogP contribution in [-0.4, -0.2) is 47.2 Å². The SMILES string of the molecule is CNC(=O)NCCN1CCn2c(cnc2C(C)C)C1. The lowest BCUT2D eigenvalue weighted by molar-refractivity contribution is 0.214. The molecule has 0 unspecified atom stereocenters. The molecule has 2 heterocycles. The lowest BCUT2D eigenvalue weighted by Crippen LogP contribution is -2.41. The highest BCUT2D eigenvalue weighted by molar-refractivity contribution is 5.73. The summed E-state index contributed by atoms with van der Waals surface area (Å²) in [4.78, 5) is 17.9. The minimum absolute atomic E-state index is 0.121. The second-order valence-corrected chi connectivity index (χ2v) is 5.20. The maximum absolute atomic E-state index is 11.1. The standard InChI is InChI=1S/C13H23N5O/c1-10(2)12-16-8-11-9-17(6-7-18(11)12)5-4-15-13(19)14-3/h8,10H,4-7,9H2,1-3H3,(H2,14,15,19). The summed E-state index contributed by atoms with van der Waals surface area (Å²) < 4.78 is 2.33. The predicted molar refractivity (Wildman–Crippen MR) is 74.1 cm³/mol. The molecular formula is C13H23N5O. The van der Waals surface area contributed by atoms with Gasteiger partial charge < -0.3 is 15.2 Å². The van der Waals surface area contributed by atoms with Crippen LogP contribution in [0.5, 0.6) is 0 Å². The summed E-state index contributed by atoms with van der Waals surface area (Å²) in [5.74, 6) is 1.65. The van der Waals surface area contributed by atoms with E-state index in [9.17, 15) is 4.79 Å². The fourth-order valence-corrected chi connectivity index (χ4v) is 2.43. The van der Waals surface area contributed by atoms with E-state index in [1.165, 1.54) is 11.5 Å². The summed E-state index contributed by atoms with van der Waals surface area (Å²) in [6.07, 6.45) is 1.98. The molecule has 0 radical (unpaired) electrons. The Bertz CT molecular complexity index is 440. The summed E-state index contributed by atoms with van der Waals surface area (Å²) >= 11 is 0. The van der Waals surface area contributed by atoms with Gasteiger partial charge in [-0.05, 0) is 0 Å². The van der Waals surface area contributed by atoms with Crippen molar-refractivity contribution in [1.29, 1.82) is 0 Å². The topological polar surface area (TPSA) is 62.2 Å². The highest BCUT2D eigenvalue weighted by atomic mass is 16.2. The summed E-state index contributed by atoms with van der Waals surface area (Å²) in [7, 11) is 1.63. The molecule has 106 valence electrons. The average Bonchev–Trinajstić information content (AvgIpc) is 2.81. The van der Waals surface area contributed by atoms with E-state index >= 15 is 0 Å². The lowest BCUT2D eigenvalue weighted by Gasteiger charge is -2.29. The summed E-state index contributed by atoms with van der Waals surface area (Å²) in [6.45, 7) is 8.81. The first-order valence-electron chi connectivity index (χ1n) is 6.84. The van der Waals surface area contributed by atoms with Crippen LogP contribution in [0.3, 0.4) is 0 Å². The number of amides is 2. The van der Waals surface area contributed by atoms with Crippen LogP contribution in [-0.2, 0) is 13.1 Å². The third-order valence-electron chi connectivity index (χ3n) is 3.45. The van der Waals surface area contributed by atoms with Crippen molar-refractivity contribution in [1.82, 2.24) is 25.1 Å². The van der Waals surface area contributed by atoms with Gasteiger partial charge in [-0.15, -0.1) is 0 Å². The number of nitrogens with zero attached hydrogens (tertiary/aromatic N) is 3. The van der Waals surface area contributed by atoms with Crippen molar-refractivity contribution < 1.29 is 4.79 Å². The predicted octanol–water partition coefficient (Wildman–Crippen LogP) is 0.751. The zero-order chi connectivity index (χ0) is 13.8. The van der Waals surface area contributed by atoms with Crippen LogP contribution in [0.4, 0.5) is 4.79 Å².